The topological polar surface area (TPSA) is 71.1 Å². The van der Waals surface area contributed by atoms with Gasteiger partial charge in [0.2, 0.25) is 0 Å². The van der Waals surface area contributed by atoms with E-state index in [4.69, 9.17) is 30.5 Å². The average molecular weight is 477 g/mol. The number of esters is 2. The fourth-order valence-corrected chi connectivity index (χ4v) is 3.22. The largest absolute Gasteiger partial charge is 0.493 e. The van der Waals surface area contributed by atoms with Gasteiger partial charge < -0.3 is 18.9 Å². The Labute approximate surface area is 201 Å². The van der Waals surface area contributed by atoms with E-state index < -0.39 is 18.0 Å². The Morgan fingerprint density at radius 3 is 1.73 bits per heavy atom. The molecule has 33 heavy (non-hydrogen) atoms. The van der Waals surface area contributed by atoms with E-state index in [0.717, 1.165) is 16.9 Å². The standard InChI is InChI=1S/C26H33ClO6/c1-18(14-27)15-31-23-10-6-21(7-11-23)26(4,5)22-8-12-24(13-9-22)32-17-25(33-20(3)29)16-30-19(2)28/h6-13,18,25H,14-17H2,1-5H3. The number of carbonyl (C=O) groups excluding carboxylic acids is 2. The zero-order valence-corrected chi connectivity index (χ0v) is 20.7. The number of carbonyl (C=O) groups is 2. The van der Waals surface area contributed by atoms with Crippen LogP contribution in [-0.2, 0) is 24.5 Å². The number of rotatable bonds is 12. The number of hydrogen-bond acceptors (Lipinski definition) is 6. The Kier molecular flexibility index (Phi) is 10.0. The normalized spacial score (nSPS) is 13.0. The predicted octanol–water partition coefficient (Wildman–Crippen LogP) is 5.14. The molecule has 0 spiro atoms. The molecule has 0 aliphatic carbocycles. The minimum Gasteiger partial charge on any atom is -0.493 e. The molecule has 180 valence electrons. The fraction of sp³-hybridized carbons (Fsp3) is 0.462. The molecule has 0 bridgehead atoms. The Balaban J connectivity index is 2.00. The summed E-state index contributed by atoms with van der Waals surface area (Å²) in [6, 6.07) is 15.9. The third kappa shape index (κ3) is 8.61. The molecule has 7 heteroatoms. The Bertz CT molecular complexity index is 892. The number of halogens is 1. The van der Waals surface area contributed by atoms with Crippen LogP contribution in [-0.4, -0.2) is 43.7 Å². The monoisotopic (exact) mass is 476 g/mol. The Morgan fingerprint density at radius 1 is 0.818 bits per heavy atom. The lowest BCUT2D eigenvalue weighted by Crippen LogP contribution is -2.29. The summed E-state index contributed by atoms with van der Waals surface area (Å²) in [5, 5.41) is 0. The van der Waals surface area contributed by atoms with E-state index in [0.29, 0.717) is 24.2 Å². The molecule has 2 aromatic rings. The summed E-state index contributed by atoms with van der Waals surface area (Å²) < 4.78 is 21.6. The van der Waals surface area contributed by atoms with Crippen molar-refractivity contribution in [2.45, 2.75) is 46.1 Å². The molecular formula is C26H33ClO6. The third-order valence-electron chi connectivity index (χ3n) is 5.19. The van der Waals surface area contributed by atoms with Gasteiger partial charge >= 0.3 is 11.9 Å². The maximum atomic E-state index is 11.3. The van der Waals surface area contributed by atoms with Crippen molar-refractivity contribution in [3.63, 3.8) is 0 Å². The van der Waals surface area contributed by atoms with Crippen LogP contribution in [0.4, 0.5) is 0 Å². The second kappa shape index (κ2) is 12.5. The number of ether oxygens (including phenoxy) is 4. The molecule has 2 rings (SSSR count). The first-order valence-electron chi connectivity index (χ1n) is 10.9. The van der Waals surface area contributed by atoms with Crippen molar-refractivity contribution < 1.29 is 28.5 Å². The maximum Gasteiger partial charge on any atom is 0.303 e. The van der Waals surface area contributed by atoms with Crippen LogP contribution in [0.3, 0.4) is 0 Å². The molecule has 0 aliphatic heterocycles. The summed E-state index contributed by atoms with van der Waals surface area (Å²) in [4.78, 5) is 22.3. The van der Waals surface area contributed by atoms with Gasteiger partial charge in [0.15, 0.2) is 6.10 Å². The van der Waals surface area contributed by atoms with Crippen LogP contribution in [0.15, 0.2) is 48.5 Å². The van der Waals surface area contributed by atoms with E-state index in [1.54, 1.807) is 0 Å². The second-order valence-electron chi connectivity index (χ2n) is 8.59. The molecule has 0 saturated carbocycles. The third-order valence-corrected chi connectivity index (χ3v) is 5.72. The maximum absolute atomic E-state index is 11.3. The first-order valence-corrected chi connectivity index (χ1v) is 11.5. The number of alkyl halides is 1. The van der Waals surface area contributed by atoms with Gasteiger partial charge in [-0.25, -0.2) is 0 Å². The zero-order valence-electron chi connectivity index (χ0n) is 19.9. The van der Waals surface area contributed by atoms with Crippen molar-refractivity contribution >= 4 is 23.5 Å². The average Bonchev–Trinajstić information content (AvgIpc) is 2.79. The first-order chi connectivity index (χ1) is 15.6. The van der Waals surface area contributed by atoms with Gasteiger partial charge in [-0.2, -0.15) is 0 Å². The molecule has 2 atom stereocenters. The molecular weight excluding hydrogens is 444 g/mol. The van der Waals surface area contributed by atoms with Crippen molar-refractivity contribution in [2.75, 3.05) is 25.7 Å². The molecule has 0 heterocycles. The smallest absolute Gasteiger partial charge is 0.303 e. The minimum atomic E-state index is -0.671. The lowest BCUT2D eigenvalue weighted by molar-refractivity contribution is -0.158. The Morgan fingerprint density at radius 2 is 1.30 bits per heavy atom. The quantitative estimate of drug-likeness (QED) is 0.312. The van der Waals surface area contributed by atoms with E-state index in [-0.39, 0.29) is 18.6 Å². The van der Waals surface area contributed by atoms with E-state index in [2.05, 4.69) is 26.0 Å². The van der Waals surface area contributed by atoms with Gasteiger partial charge in [-0.1, -0.05) is 45.0 Å². The minimum absolute atomic E-state index is 0.0511. The van der Waals surface area contributed by atoms with Crippen LogP contribution < -0.4 is 9.47 Å². The van der Waals surface area contributed by atoms with Crippen LogP contribution in [0.1, 0.15) is 45.7 Å². The Hall–Kier alpha value is -2.73. The van der Waals surface area contributed by atoms with Crippen molar-refractivity contribution in [3.8, 4) is 11.5 Å². The summed E-state index contributed by atoms with van der Waals surface area (Å²) in [7, 11) is 0. The lowest BCUT2D eigenvalue weighted by Gasteiger charge is -2.26. The molecule has 0 fully saturated rings. The summed E-state index contributed by atoms with van der Waals surface area (Å²) in [6.45, 7) is 9.59. The van der Waals surface area contributed by atoms with Crippen molar-refractivity contribution in [2.24, 2.45) is 5.92 Å². The summed E-state index contributed by atoms with van der Waals surface area (Å²) >= 11 is 5.84. The molecule has 0 aliphatic rings. The molecule has 0 amide bonds. The molecule has 2 aromatic carbocycles. The highest BCUT2D eigenvalue weighted by molar-refractivity contribution is 6.18. The molecule has 6 nitrogen and oxygen atoms in total. The van der Waals surface area contributed by atoms with E-state index in [1.807, 2.05) is 43.3 Å². The van der Waals surface area contributed by atoms with Crippen molar-refractivity contribution in [1.29, 1.82) is 0 Å². The van der Waals surface area contributed by atoms with E-state index in [9.17, 15) is 9.59 Å². The molecule has 0 saturated heterocycles. The first kappa shape index (κ1) is 26.5. The zero-order chi connectivity index (χ0) is 24.4. The summed E-state index contributed by atoms with van der Waals surface area (Å²) in [5.41, 5.74) is 2.05. The van der Waals surface area contributed by atoms with Crippen molar-refractivity contribution in [1.82, 2.24) is 0 Å². The van der Waals surface area contributed by atoms with Crippen molar-refractivity contribution in [3.05, 3.63) is 59.7 Å². The highest BCUT2D eigenvalue weighted by atomic mass is 35.5. The van der Waals surface area contributed by atoms with Crippen LogP contribution in [0, 0.1) is 5.92 Å². The van der Waals surface area contributed by atoms with Gasteiger partial charge in [-0.3, -0.25) is 9.59 Å². The van der Waals surface area contributed by atoms with Crippen LogP contribution in [0.5, 0.6) is 11.5 Å². The number of benzene rings is 2. The lowest BCUT2D eigenvalue weighted by atomic mass is 9.78. The predicted molar refractivity (Wildman–Crippen MR) is 128 cm³/mol. The van der Waals surface area contributed by atoms with Gasteiger partial charge in [-0.05, 0) is 35.4 Å². The summed E-state index contributed by atoms with van der Waals surface area (Å²) in [5.74, 6) is 1.43. The van der Waals surface area contributed by atoms with Gasteiger partial charge in [0.1, 0.15) is 24.7 Å². The second-order valence-corrected chi connectivity index (χ2v) is 8.90. The van der Waals surface area contributed by atoms with Crippen LogP contribution in [0.25, 0.3) is 0 Å². The van der Waals surface area contributed by atoms with Gasteiger partial charge in [0.05, 0.1) is 6.61 Å². The van der Waals surface area contributed by atoms with Gasteiger partial charge in [0.25, 0.3) is 0 Å². The fourth-order valence-electron chi connectivity index (χ4n) is 3.14. The number of hydrogen-bond donors (Lipinski definition) is 0. The van der Waals surface area contributed by atoms with Gasteiger partial charge in [0, 0.05) is 31.1 Å². The highest BCUT2D eigenvalue weighted by Gasteiger charge is 2.23. The summed E-state index contributed by atoms with van der Waals surface area (Å²) in [6.07, 6.45) is -0.671. The van der Waals surface area contributed by atoms with Crippen LogP contribution >= 0.6 is 11.6 Å². The van der Waals surface area contributed by atoms with E-state index in [1.165, 1.54) is 13.8 Å². The highest BCUT2D eigenvalue weighted by Crippen LogP contribution is 2.33. The molecule has 0 N–H and O–H groups in total. The molecule has 0 radical (unpaired) electrons. The van der Waals surface area contributed by atoms with E-state index >= 15 is 0 Å². The van der Waals surface area contributed by atoms with Gasteiger partial charge in [-0.15, -0.1) is 11.6 Å². The molecule has 2 unspecified atom stereocenters. The van der Waals surface area contributed by atoms with Crippen LogP contribution in [0.2, 0.25) is 0 Å². The SMILES string of the molecule is CC(=O)OCC(COc1ccc(C(C)(C)c2ccc(OCC(C)CCl)cc2)cc1)OC(C)=O. The molecule has 0 aromatic heterocycles.